The Morgan fingerprint density at radius 2 is 1.85 bits per heavy atom. The molecule has 2 aromatic carbocycles. The molecule has 3 aromatic rings. The van der Waals surface area contributed by atoms with Gasteiger partial charge >= 0.3 is 0 Å². The van der Waals surface area contributed by atoms with Crippen LogP contribution in [0.15, 0.2) is 40.7 Å². The molecule has 0 radical (unpaired) electrons. The first kappa shape index (κ1) is 19.5. The molecule has 0 atom stereocenters. The zero-order valence-corrected chi connectivity index (χ0v) is 17.3. The fourth-order valence-electron chi connectivity index (χ4n) is 2.09. The summed E-state index contributed by atoms with van der Waals surface area (Å²) in [6.45, 7) is 1.91. The highest BCUT2D eigenvalue weighted by Gasteiger charge is 2.14. The Hall–Kier alpha value is -1.31. The van der Waals surface area contributed by atoms with Gasteiger partial charge in [-0.2, -0.15) is 0 Å². The minimum atomic E-state index is -0.322. The van der Waals surface area contributed by atoms with E-state index >= 15 is 0 Å². The summed E-state index contributed by atoms with van der Waals surface area (Å²) in [6.07, 6.45) is 0. The molecule has 0 unspecified atom stereocenters. The Balaban J connectivity index is 1.65. The van der Waals surface area contributed by atoms with Crippen molar-refractivity contribution >= 4 is 68.9 Å². The van der Waals surface area contributed by atoms with Crippen LogP contribution in [-0.2, 0) is 5.75 Å². The average Bonchev–Trinajstić information content (AvgIpc) is 3.01. The summed E-state index contributed by atoms with van der Waals surface area (Å²) in [4.78, 5) is 12.3. The van der Waals surface area contributed by atoms with Gasteiger partial charge in [0, 0.05) is 15.8 Å². The van der Waals surface area contributed by atoms with Crippen molar-refractivity contribution in [2.24, 2.45) is 0 Å². The molecule has 1 heterocycles. The SMILES string of the molecule is Cc1ccc(C(=O)Nc2nnc(SCc3c(Cl)cccc3Cl)s2)c(Cl)c1. The minimum Gasteiger partial charge on any atom is -0.296 e. The smallest absolute Gasteiger partial charge is 0.259 e. The number of carbonyl (C=O) groups is 1. The molecule has 1 aromatic heterocycles. The summed E-state index contributed by atoms with van der Waals surface area (Å²) in [5.41, 5.74) is 2.22. The number of benzene rings is 2. The van der Waals surface area contributed by atoms with Crippen LogP contribution in [0, 0.1) is 6.92 Å². The molecular formula is C17H12Cl3N3OS2. The summed E-state index contributed by atoms with van der Waals surface area (Å²) < 4.78 is 0.700. The van der Waals surface area contributed by atoms with Crippen LogP contribution in [-0.4, -0.2) is 16.1 Å². The predicted molar refractivity (Wildman–Crippen MR) is 110 cm³/mol. The van der Waals surface area contributed by atoms with E-state index in [-0.39, 0.29) is 5.91 Å². The van der Waals surface area contributed by atoms with Gasteiger partial charge in [-0.05, 0) is 42.3 Å². The zero-order chi connectivity index (χ0) is 18.7. The van der Waals surface area contributed by atoms with Crippen molar-refractivity contribution in [2.75, 3.05) is 5.32 Å². The van der Waals surface area contributed by atoms with E-state index in [1.54, 1.807) is 30.3 Å². The largest absolute Gasteiger partial charge is 0.296 e. The number of anilines is 1. The van der Waals surface area contributed by atoms with E-state index in [2.05, 4.69) is 15.5 Å². The first-order valence-electron chi connectivity index (χ1n) is 7.40. The third kappa shape index (κ3) is 4.69. The maximum atomic E-state index is 12.3. The second kappa shape index (κ2) is 8.59. The van der Waals surface area contributed by atoms with E-state index in [9.17, 15) is 4.79 Å². The van der Waals surface area contributed by atoms with E-state index in [0.717, 1.165) is 11.1 Å². The Kier molecular flexibility index (Phi) is 6.42. The average molecular weight is 445 g/mol. The number of hydrogen-bond donors (Lipinski definition) is 1. The van der Waals surface area contributed by atoms with E-state index < -0.39 is 0 Å². The molecule has 1 amide bonds. The second-order valence-corrected chi connectivity index (χ2v) is 8.72. The minimum absolute atomic E-state index is 0.322. The lowest BCUT2D eigenvalue weighted by Crippen LogP contribution is -2.12. The third-order valence-electron chi connectivity index (χ3n) is 3.40. The standard InChI is InChI=1S/C17H12Cl3N3OS2/c1-9-5-6-10(14(20)7-9)15(24)21-16-22-23-17(26-16)25-8-11-12(18)3-2-4-13(11)19/h2-7H,8H2,1H3,(H,21,22,24). The van der Waals surface area contributed by atoms with Gasteiger partial charge in [0.25, 0.3) is 5.91 Å². The van der Waals surface area contributed by atoms with Crippen LogP contribution in [0.25, 0.3) is 0 Å². The van der Waals surface area contributed by atoms with Crippen LogP contribution in [0.4, 0.5) is 5.13 Å². The molecule has 4 nitrogen and oxygen atoms in total. The van der Waals surface area contributed by atoms with Crippen molar-refractivity contribution in [3.8, 4) is 0 Å². The number of nitrogens with one attached hydrogen (secondary N) is 1. The third-order valence-corrected chi connectivity index (χ3v) is 6.42. The normalized spacial score (nSPS) is 10.8. The van der Waals surface area contributed by atoms with Gasteiger partial charge in [-0.15, -0.1) is 10.2 Å². The molecule has 9 heteroatoms. The van der Waals surface area contributed by atoms with Crippen LogP contribution < -0.4 is 5.32 Å². The molecule has 0 aliphatic rings. The summed E-state index contributed by atoms with van der Waals surface area (Å²) in [6, 6.07) is 10.6. The molecule has 0 saturated carbocycles. The van der Waals surface area contributed by atoms with E-state index in [0.29, 0.717) is 35.9 Å². The number of aryl methyl sites for hydroxylation is 1. The number of thioether (sulfide) groups is 1. The van der Waals surface area contributed by atoms with Crippen LogP contribution >= 0.6 is 57.9 Å². The quantitative estimate of drug-likeness (QED) is 0.368. The lowest BCUT2D eigenvalue weighted by atomic mass is 10.1. The zero-order valence-electron chi connectivity index (χ0n) is 13.4. The Morgan fingerprint density at radius 3 is 2.54 bits per heavy atom. The molecule has 3 rings (SSSR count). The molecule has 1 N–H and O–H groups in total. The van der Waals surface area contributed by atoms with Crippen LogP contribution in [0.5, 0.6) is 0 Å². The maximum absolute atomic E-state index is 12.3. The van der Waals surface area contributed by atoms with Gasteiger partial charge in [-0.1, -0.05) is 70.0 Å². The Labute approximate surface area is 173 Å². The van der Waals surface area contributed by atoms with Gasteiger partial charge in [0.1, 0.15) is 0 Å². The highest BCUT2D eigenvalue weighted by molar-refractivity contribution is 8.00. The van der Waals surface area contributed by atoms with Crippen molar-refractivity contribution in [3.05, 3.63) is 68.2 Å². The number of aromatic nitrogens is 2. The first-order chi connectivity index (χ1) is 12.4. The lowest BCUT2D eigenvalue weighted by Gasteiger charge is -2.05. The van der Waals surface area contributed by atoms with Gasteiger partial charge in [0.15, 0.2) is 4.34 Å². The molecular weight excluding hydrogens is 433 g/mol. The summed E-state index contributed by atoms with van der Waals surface area (Å²) in [5, 5.41) is 12.8. The second-order valence-electron chi connectivity index (χ2n) is 5.30. The van der Waals surface area contributed by atoms with Gasteiger partial charge < -0.3 is 0 Å². The van der Waals surface area contributed by atoms with E-state index in [1.807, 2.05) is 13.0 Å². The van der Waals surface area contributed by atoms with Crippen molar-refractivity contribution in [1.82, 2.24) is 10.2 Å². The van der Waals surface area contributed by atoms with Crippen molar-refractivity contribution in [3.63, 3.8) is 0 Å². The molecule has 0 fully saturated rings. The number of halogens is 3. The number of rotatable bonds is 5. The summed E-state index contributed by atoms with van der Waals surface area (Å²) in [5.74, 6) is 0.238. The molecule has 0 aliphatic carbocycles. The first-order valence-corrected chi connectivity index (χ1v) is 10.3. The van der Waals surface area contributed by atoms with Crippen LogP contribution in [0.3, 0.4) is 0 Å². The van der Waals surface area contributed by atoms with Crippen LogP contribution in [0.1, 0.15) is 21.5 Å². The monoisotopic (exact) mass is 443 g/mol. The van der Waals surface area contributed by atoms with Gasteiger partial charge in [-0.25, -0.2) is 0 Å². The molecule has 0 aliphatic heterocycles. The number of amides is 1. The summed E-state index contributed by atoms with van der Waals surface area (Å²) >= 11 is 21.2. The Bertz CT molecular complexity index is 942. The number of carbonyl (C=O) groups excluding carboxylic acids is 1. The highest BCUT2D eigenvalue weighted by Crippen LogP contribution is 2.33. The molecule has 134 valence electrons. The van der Waals surface area contributed by atoms with Gasteiger partial charge in [-0.3, -0.25) is 10.1 Å². The number of nitrogens with zero attached hydrogens (tertiary/aromatic N) is 2. The summed E-state index contributed by atoms with van der Waals surface area (Å²) in [7, 11) is 0. The fourth-order valence-corrected chi connectivity index (χ4v) is 4.90. The van der Waals surface area contributed by atoms with E-state index in [4.69, 9.17) is 34.8 Å². The molecule has 0 bridgehead atoms. The number of hydrogen-bond acceptors (Lipinski definition) is 5. The molecule has 0 spiro atoms. The fraction of sp³-hybridized carbons (Fsp3) is 0.118. The van der Waals surface area contributed by atoms with E-state index in [1.165, 1.54) is 23.1 Å². The van der Waals surface area contributed by atoms with Gasteiger partial charge in [0.2, 0.25) is 5.13 Å². The van der Waals surface area contributed by atoms with Crippen molar-refractivity contribution < 1.29 is 4.79 Å². The predicted octanol–water partition coefficient (Wildman–Crippen LogP) is 6.35. The Morgan fingerprint density at radius 1 is 1.12 bits per heavy atom. The molecule has 0 saturated heterocycles. The van der Waals surface area contributed by atoms with Gasteiger partial charge in [0.05, 0.1) is 10.6 Å². The van der Waals surface area contributed by atoms with Crippen molar-refractivity contribution in [1.29, 1.82) is 0 Å². The lowest BCUT2D eigenvalue weighted by molar-refractivity contribution is 0.102. The topological polar surface area (TPSA) is 54.9 Å². The highest BCUT2D eigenvalue weighted by atomic mass is 35.5. The van der Waals surface area contributed by atoms with Crippen LogP contribution in [0.2, 0.25) is 15.1 Å². The molecule has 26 heavy (non-hydrogen) atoms. The van der Waals surface area contributed by atoms with Crippen molar-refractivity contribution in [2.45, 2.75) is 17.0 Å². The maximum Gasteiger partial charge on any atom is 0.259 e.